The Labute approximate surface area is 117 Å². The molecule has 0 unspecified atom stereocenters. The van der Waals surface area contributed by atoms with Gasteiger partial charge >= 0.3 is 0 Å². The zero-order valence-corrected chi connectivity index (χ0v) is 12.1. The molecule has 7 heteroatoms. The number of nitrogens with one attached hydrogen (secondary N) is 1. The van der Waals surface area contributed by atoms with E-state index in [0.29, 0.717) is 18.1 Å². The zero-order chi connectivity index (χ0) is 13.7. The summed E-state index contributed by atoms with van der Waals surface area (Å²) >= 11 is 1.37. The molecular formula is C12H21N5OS. The molecule has 0 aliphatic carbocycles. The third-order valence-electron chi connectivity index (χ3n) is 3.26. The van der Waals surface area contributed by atoms with E-state index >= 15 is 0 Å². The van der Waals surface area contributed by atoms with Crippen LogP contribution in [0, 0.1) is 0 Å². The number of nitrogens with zero attached hydrogens (tertiary/aromatic N) is 3. The van der Waals surface area contributed by atoms with Crippen molar-refractivity contribution in [1.29, 1.82) is 0 Å². The Kier molecular flexibility index (Phi) is 5.12. The Hall–Kier alpha value is -1.18. The fraction of sp³-hybridized carbons (Fsp3) is 0.667. The van der Waals surface area contributed by atoms with Gasteiger partial charge in [0.1, 0.15) is 0 Å². The molecule has 19 heavy (non-hydrogen) atoms. The van der Waals surface area contributed by atoms with Gasteiger partial charge in [-0.2, -0.15) is 0 Å². The van der Waals surface area contributed by atoms with Gasteiger partial charge in [-0.05, 0) is 7.05 Å². The monoisotopic (exact) mass is 283 g/mol. The van der Waals surface area contributed by atoms with Gasteiger partial charge in [0.2, 0.25) is 5.91 Å². The summed E-state index contributed by atoms with van der Waals surface area (Å²) in [6.45, 7) is 5.98. The molecule has 1 aromatic heterocycles. The molecule has 106 valence electrons. The summed E-state index contributed by atoms with van der Waals surface area (Å²) in [5, 5.41) is 5.27. The average molecular weight is 283 g/mol. The second kappa shape index (κ2) is 6.83. The van der Waals surface area contributed by atoms with Gasteiger partial charge in [-0.3, -0.25) is 9.69 Å². The number of amides is 1. The maximum atomic E-state index is 11.7. The predicted molar refractivity (Wildman–Crippen MR) is 77.2 cm³/mol. The SMILES string of the molecule is CN1CCN(CCNC(=O)Cc2csc(N)n2)CC1. The van der Waals surface area contributed by atoms with E-state index < -0.39 is 0 Å². The lowest BCUT2D eigenvalue weighted by Gasteiger charge is -2.32. The Balaban J connectivity index is 1.61. The number of piperazine rings is 1. The highest BCUT2D eigenvalue weighted by molar-refractivity contribution is 7.13. The van der Waals surface area contributed by atoms with Crippen molar-refractivity contribution in [1.82, 2.24) is 20.1 Å². The van der Waals surface area contributed by atoms with E-state index in [2.05, 4.69) is 27.1 Å². The lowest BCUT2D eigenvalue weighted by molar-refractivity contribution is -0.120. The maximum Gasteiger partial charge on any atom is 0.226 e. The number of anilines is 1. The molecule has 1 fully saturated rings. The van der Waals surface area contributed by atoms with E-state index in [-0.39, 0.29) is 5.91 Å². The molecule has 3 N–H and O–H groups in total. The predicted octanol–water partition coefficient (Wildman–Crippen LogP) is -0.369. The smallest absolute Gasteiger partial charge is 0.226 e. The molecule has 1 saturated heterocycles. The Morgan fingerprint density at radius 1 is 1.47 bits per heavy atom. The van der Waals surface area contributed by atoms with Crippen molar-refractivity contribution in [2.24, 2.45) is 0 Å². The number of hydrogen-bond acceptors (Lipinski definition) is 6. The summed E-state index contributed by atoms with van der Waals surface area (Å²) in [6, 6.07) is 0. The van der Waals surface area contributed by atoms with Crippen LogP contribution in [0.25, 0.3) is 0 Å². The van der Waals surface area contributed by atoms with Gasteiger partial charge < -0.3 is 16.0 Å². The van der Waals surface area contributed by atoms with Gasteiger partial charge in [-0.25, -0.2) is 4.98 Å². The van der Waals surface area contributed by atoms with Crippen molar-refractivity contribution in [2.75, 3.05) is 52.0 Å². The highest BCUT2D eigenvalue weighted by Gasteiger charge is 2.13. The molecule has 1 aliphatic heterocycles. The van der Waals surface area contributed by atoms with Crippen LogP contribution in [-0.4, -0.2) is 67.0 Å². The minimum absolute atomic E-state index is 0.0134. The number of nitrogen functional groups attached to an aromatic ring is 1. The molecule has 1 aliphatic rings. The summed E-state index contributed by atoms with van der Waals surface area (Å²) in [7, 11) is 2.14. The van der Waals surface area contributed by atoms with E-state index in [1.54, 1.807) is 0 Å². The number of likely N-dealkylation sites (N-methyl/N-ethyl adjacent to an activating group) is 1. The fourth-order valence-corrected chi connectivity index (χ4v) is 2.62. The highest BCUT2D eigenvalue weighted by Crippen LogP contribution is 2.11. The first-order valence-corrected chi connectivity index (χ1v) is 7.39. The van der Waals surface area contributed by atoms with Crippen molar-refractivity contribution in [3.8, 4) is 0 Å². The summed E-state index contributed by atoms with van der Waals surface area (Å²) in [5.74, 6) is 0.0134. The van der Waals surface area contributed by atoms with Crippen molar-refractivity contribution in [3.05, 3.63) is 11.1 Å². The van der Waals surface area contributed by atoms with Gasteiger partial charge in [0, 0.05) is 44.6 Å². The minimum Gasteiger partial charge on any atom is -0.375 e. The molecule has 0 aromatic carbocycles. The first-order valence-electron chi connectivity index (χ1n) is 6.51. The molecule has 2 heterocycles. The van der Waals surface area contributed by atoms with Crippen LogP contribution in [0.5, 0.6) is 0 Å². The van der Waals surface area contributed by atoms with Crippen LogP contribution in [0.15, 0.2) is 5.38 Å². The molecule has 0 bridgehead atoms. The number of aromatic nitrogens is 1. The number of nitrogens with two attached hydrogens (primary N) is 1. The molecule has 1 aromatic rings. The molecule has 0 saturated carbocycles. The number of carbonyl (C=O) groups is 1. The van der Waals surface area contributed by atoms with Crippen molar-refractivity contribution in [3.63, 3.8) is 0 Å². The van der Waals surface area contributed by atoms with E-state index in [0.717, 1.165) is 38.4 Å². The average Bonchev–Trinajstić information content (AvgIpc) is 2.77. The van der Waals surface area contributed by atoms with Gasteiger partial charge in [0.15, 0.2) is 5.13 Å². The molecule has 0 atom stereocenters. The van der Waals surface area contributed by atoms with E-state index in [9.17, 15) is 4.79 Å². The first kappa shape index (κ1) is 14.2. The molecule has 2 rings (SSSR count). The van der Waals surface area contributed by atoms with E-state index in [4.69, 9.17) is 5.73 Å². The maximum absolute atomic E-state index is 11.7. The third-order valence-corrected chi connectivity index (χ3v) is 3.98. The summed E-state index contributed by atoms with van der Waals surface area (Å²) in [4.78, 5) is 20.5. The molecule has 1 amide bonds. The van der Waals surface area contributed by atoms with Crippen LogP contribution in [-0.2, 0) is 11.2 Å². The van der Waals surface area contributed by atoms with Crippen molar-refractivity contribution in [2.45, 2.75) is 6.42 Å². The Morgan fingerprint density at radius 3 is 2.84 bits per heavy atom. The Morgan fingerprint density at radius 2 is 2.21 bits per heavy atom. The van der Waals surface area contributed by atoms with E-state index in [1.807, 2.05) is 5.38 Å². The topological polar surface area (TPSA) is 74.5 Å². The molecular weight excluding hydrogens is 262 g/mol. The molecule has 0 spiro atoms. The summed E-state index contributed by atoms with van der Waals surface area (Å²) < 4.78 is 0. The third kappa shape index (κ3) is 4.77. The van der Waals surface area contributed by atoms with Crippen LogP contribution < -0.4 is 11.1 Å². The standard InChI is InChI=1S/C12H21N5OS/c1-16-4-6-17(7-5-16)3-2-14-11(18)8-10-9-19-12(13)15-10/h9H,2-8H2,1H3,(H2,13,15)(H,14,18). The zero-order valence-electron chi connectivity index (χ0n) is 11.3. The largest absolute Gasteiger partial charge is 0.375 e. The van der Waals surface area contributed by atoms with Crippen LogP contribution in [0.1, 0.15) is 5.69 Å². The molecule has 0 radical (unpaired) electrons. The Bertz CT molecular complexity index is 414. The quantitative estimate of drug-likeness (QED) is 0.771. The van der Waals surface area contributed by atoms with Gasteiger partial charge in [-0.15, -0.1) is 11.3 Å². The number of hydrogen-bond donors (Lipinski definition) is 2. The second-order valence-corrected chi connectivity index (χ2v) is 5.74. The van der Waals surface area contributed by atoms with Crippen LogP contribution in [0.4, 0.5) is 5.13 Å². The normalized spacial score (nSPS) is 17.5. The second-order valence-electron chi connectivity index (χ2n) is 4.85. The lowest BCUT2D eigenvalue weighted by atomic mass is 10.3. The summed E-state index contributed by atoms with van der Waals surface area (Å²) in [5.41, 5.74) is 6.28. The fourth-order valence-electron chi connectivity index (χ4n) is 2.06. The summed E-state index contributed by atoms with van der Waals surface area (Å²) in [6.07, 6.45) is 0.316. The first-order chi connectivity index (χ1) is 9.13. The lowest BCUT2D eigenvalue weighted by Crippen LogP contribution is -2.47. The number of rotatable bonds is 5. The van der Waals surface area contributed by atoms with Crippen molar-refractivity contribution < 1.29 is 4.79 Å². The van der Waals surface area contributed by atoms with Gasteiger partial charge in [-0.1, -0.05) is 0 Å². The number of carbonyl (C=O) groups excluding carboxylic acids is 1. The van der Waals surface area contributed by atoms with Crippen molar-refractivity contribution >= 4 is 22.4 Å². The van der Waals surface area contributed by atoms with Crippen LogP contribution >= 0.6 is 11.3 Å². The van der Waals surface area contributed by atoms with Crippen LogP contribution in [0.2, 0.25) is 0 Å². The van der Waals surface area contributed by atoms with Gasteiger partial charge in [0.25, 0.3) is 0 Å². The van der Waals surface area contributed by atoms with E-state index in [1.165, 1.54) is 11.3 Å². The molecule has 6 nitrogen and oxygen atoms in total. The van der Waals surface area contributed by atoms with Gasteiger partial charge in [0.05, 0.1) is 12.1 Å². The highest BCUT2D eigenvalue weighted by atomic mass is 32.1. The van der Waals surface area contributed by atoms with Crippen LogP contribution in [0.3, 0.4) is 0 Å². The number of thiazole rings is 1. The minimum atomic E-state index is 0.0134.